The van der Waals surface area contributed by atoms with Gasteiger partial charge in [-0.3, -0.25) is 4.79 Å². The van der Waals surface area contributed by atoms with Gasteiger partial charge in [0.1, 0.15) is 5.82 Å². The third kappa shape index (κ3) is 2.70. The summed E-state index contributed by atoms with van der Waals surface area (Å²) in [6.45, 7) is 3.04. The summed E-state index contributed by atoms with van der Waals surface area (Å²) in [5.41, 5.74) is 0.845. The van der Waals surface area contributed by atoms with Crippen molar-refractivity contribution in [1.29, 1.82) is 0 Å². The number of hydrogen-bond acceptors (Lipinski definition) is 3. The standard InChI is InChI=1S/C12H19N3O/c1-2-9-8-11(16)15-12(14-9)10-6-4-3-5-7-13-10/h8,10,13H,2-7H2,1H3,(H,14,15,16). The van der Waals surface area contributed by atoms with E-state index in [0.29, 0.717) is 0 Å². The monoisotopic (exact) mass is 221 g/mol. The Morgan fingerprint density at radius 1 is 1.44 bits per heavy atom. The minimum absolute atomic E-state index is 0.0344. The molecule has 0 aromatic carbocycles. The summed E-state index contributed by atoms with van der Waals surface area (Å²) in [4.78, 5) is 18.8. The van der Waals surface area contributed by atoms with Crippen LogP contribution in [0.2, 0.25) is 0 Å². The van der Waals surface area contributed by atoms with Gasteiger partial charge >= 0.3 is 0 Å². The van der Waals surface area contributed by atoms with E-state index in [2.05, 4.69) is 15.3 Å². The van der Waals surface area contributed by atoms with Gasteiger partial charge in [-0.2, -0.15) is 0 Å². The molecule has 0 aliphatic carbocycles. The Balaban J connectivity index is 2.23. The van der Waals surface area contributed by atoms with Gasteiger partial charge in [0, 0.05) is 11.8 Å². The number of aryl methyl sites for hydroxylation is 1. The molecular weight excluding hydrogens is 202 g/mol. The van der Waals surface area contributed by atoms with E-state index < -0.39 is 0 Å². The Morgan fingerprint density at radius 2 is 2.31 bits per heavy atom. The lowest BCUT2D eigenvalue weighted by Gasteiger charge is -2.15. The SMILES string of the molecule is CCc1cc(=O)[nH]c(C2CCCCCN2)n1. The maximum Gasteiger partial charge on any atom is 0.251 e. The first-order valence-corrected chi connectivity index (χ1v) is 6.13. The normalized spacial score (nSPS) is 21.7. The van der Waals surface area contributed by atoms with Crippen LogP contribution in [-0.2, 0) is 6.42 Å². The third-order valence-corrected chi connectivity index (χ3v) is 3.07. The molecule has 1 aliphatic heterocycles. The zero-order chi connectivity index (χ0) is 11.4. The van der Waals surface area contributed by atoms with Crippen LogP contribution in [0.5, 0.6) is 0 Å². The zero-order valence-corrected chi connectivity index (χ0v) is 9.75. The first-order valence-electron chi connectivity index (χ1n) is 6.13. The second kappa shape index (κ2) is 5.25. The van der Waals surface area contributed by atoms with Gasteiger partial charge in [0.2, 0.25) is 0 Å². The molecule has 1 aromatic rings. The van der Waals surface area contributed by atoms with Crippen molar-refractivity contribution in [2.75, 3.05) is 6.54 Å². The summed E-state index contributed by atoms with van der Waals surface area (Å²) in [5, 5.41) is 3.44. The third-order valence-electron chi connectivity index (χ3n) is 3.07. The highest BCUT2D eigenvalue weighted by molar-refractivity contribution is 5.05. The van der Waals surface area contributed by atoms with Crippen LogP contribution >= 0.6 is 0 Å². The lowest BCUT2D eigenvalue weighted by atomic mass is 10.1. The summed E-state index contributed by atoms with van der Waals surface area (Å²) in [7, 11) is 0. The molecule has 88 valence electrons. The van der Waals surface area contributed by atoms with E-state index in [-0.39, 0.29) is 11.6 Å². The molecule has 0 spiro atoms. The number of aromatic nitrogens is 2. The predicted molar refractivity (Wildman–Crippen MR) is 63.4 cm³/mol. The number of aromatic amines is 1. The molecule has 1 fully saturated rings. The topological polar surface area (TPSA) is 57.8 Å². The molecule has 16 heavy (non-hydrogen) atoms. The molecule has 0 saturated carbocycles. The van der Waals surface area contributed by atoms with Gasteiger partial charge in [0.05, 0.1) is 6.04 Å². The molecule has 2 heterocycles. The molecule has 0 bridgehead atoms. The molecular formula is C12H19N3O. The molecule has 4 heteroatoms. The fourth-order valence-corrected chi connectivity index (χ4v) is 2.14. The smallest absolute Gasteiger partial charge is 0.251 e. The molecule has 2 N–H and O–H groups in total. The molecule has 2 rings (SSSR count). The van der Waals surface area contributed by atoms with Crippen molar-refractivity contribution < 1.29 is 0 Å². The van der Waals surface area contributed by atoms with Crippen LogP contribution in [0, 0.1) is 0 Å². The summed E-state index contributed by atoms with van der Waals surface area (Å²) in [6.07, 6.45) is 5.56. The first-order chi connectivity index (χ1) is 7.79. The zero-order valence-electron chi connectivity index (χ0n) is 9.75. The van der Waals surface area contributed by atoms with Crippen molar-refractivity contribution in [3.05, 3.63) is 27.9 Å². The van der Waals surface area contributed by atoms with E-state index in [0.717, 1.165) is 30.9 Å². The quantitative estimate of drug-likeness (QED) is 0.796. The van der Waals surface area contributed by atoms with E-state index in [4.69, 9.17) is 0 Å². The fraction of sp³-hybridized carbons (Fsp3) is 0.667. The van der Waals surface area contributed by atoms with E-state index in [1.54, 1.807) is 6.07 Å². The van der Waals surface area contributed by atoms with Gasteiger partial charge < -0.3 is 10.3 Å². The van der Waals surface area contributed by atoms with Gasteiger partial charge in [0.25, 0.3) is 5.56 Å². The minimum atomic E-state index is -0.0344. The van der Waals surface area contributed by atoms with Gasteiger partial charge in [-0.15, -0.1) is 0 Å². The van der Waals surface area contributed by atoms with Gasteiger partial charge in [-0.25, -0.2) is 4.98 Å². The first kappa shape index (κ1) is 11.3. The number of H-pyrrole nitrogens is 1. The van der Waals surface area contributed by atoms with Gasteiger partial charge in [-0.1, -0.05) is 19.8 Å². The lowest BCUT2D eigenvalue weighted by Crippen LogP contribution is -2.25. The van der Waals surface area contributed by atoms with Crippen LogP contribution in [0.1, 0.15) is 50.2 Å². The van der Waals surface area contributed by atoms with Crippen molar-refractivity contribution in [2.45, 2.75) is 45.1 Å². The Kier molecular flexibility index (Phi) is 3.72. The predicted octanol–water partition coefficient (Wildman–Crippen LogP) is 1.54. The number of nitrogens with zero attached hydrogens (tertiary/aromatic N) is 1. The summed E-state index contributed by atoms with van der Waals surface area (Å²) in [6, 6.07) is 1.81. The fourth-order valence-electron chi connectivity index (χ4n) is 2.14. The molecule has 1 unspecified atom stereocenters. The maximum atomic E-state index is 11.5. The minimum Gasteiger partial charge on any atom is -0.309 e. The lowest BCUT2D eigenvalue weighted by molar-refractivity contribution is 0.503. The van der Waals surface area contributed by atoms with E-state index in [1.807, 2.05) is 6.92 Å². The Morgan fingerprint density at radius 3 is 3.12 bits per heavy atom. The number of hydrogen-bond donors (Lipinski definition) is 2. The van der Waals surface area contributed by atoms with Crippen LogP contribution in [0.15, 0.2) is 10.9 Å². The Labute approximate surface area is 95.5 Å². The van der Waals surface area contributed by atoms with Crippen LogP contribution in [0.3, 0.4) is 0 Å². The summed E-state index contributed by atoms with van der Waals surface area (Å²) >= 11 is 0. The van der Waals surface area contributed by atoms with E-state index in [1.165, 1.54) is 19.3 Å². The van der Waals surface area contributed by atoms with Crippen molar-refractivity contribution in [3.63, 3.8) is 0 Å². The number of nitrogens with one attached hydrogen (secondary N) is 2. The Hall–Kier alpha value is -1.16. The molecule has 1 atom stereocenters. The van der Waals surface area contributed by atoms with Crippen molar-refractivity contribution in [2.24, 2.45) is 0 Å². The van der Waals surface area contributed by atoms with Crippen LogP contribution in [0.4, 0.5) is 0 Å². The van der Waals surface area contributed by atoms with Crippen LogP contribution in [0.25, 0.3) is 0 Å². The van der Waals surface area contributed by atoms with Crippen molar-refractivity contribution >= 4 is 0 Å². The second-order valence-electron chi connectivity index (χ2n) is 4.33. The van der Waals surface area contributed by atoms with Gasteiger partial charge in [0.15, 0.2) is 0 Å². The number of rotatable bonds is 2. The van der Waals surface area contributed by atoms with Gasteiger partial charge in [-0.05, 0) is 25.8 Å². The molecule has 1 aromatic heterocycles. The summed E-state index contributed by atoms with van der Waals surface area (Å²) in [5.74, 6) is 0.811. The molecule has 4 nitrogen and oxygen atoms in total. The average Bonchev–Trinajstić information content (AvgIpc) is 2.56. The van der Waals surface area contributed by atoms with Crippen molar-refractivity contribution in [1.82, 2.24) is 15.3 Å². The average molecular weight is 221 g/mol. The second-order valence-corrected chi connectivity index (χ2v) is 4.33. The largest absolute Gasteiger partial charge is 0.309 e. The summed E-state index contributed by atoms with van der Waals surface area (Å²) < 4.78 is 0. The molecule has 0 amide bonds. The highest BCUT2D eigenvalue weighted by Crippen LogP contribution is 2.19. The van der Waals surface area contributed by atoms with Crippen molar-refractivity contribution in [3.8, 4) is 0 Å². The molecule has 1 saturated heterocycles. The molecule has 1 aliphatic rings. The molecule has 0 radical (unpaired) electrons. The van der Waals surface area contributed by atoms with Crippen LogP contribution in [-0.4, -0.2) is 16.5 Å². The van der Waals surface area contributed by atoms with Crippen LogP contribution < -0.4 is 10.9 Å². The van der Waals surface area contributed by atoms with E-state index in [9.17, 15) is 4.79 Å². The highest BCUT2D eigenvalue weighted by atomic mass is 16.1. The highest BCUT2D eigenvalue weighted by Gasteiger charge is 2.16. The maximum absolute atomic E-state index is 11.5. The van der Waals surface area contributed by atoms with E-state index >= 15 is 0 Å². The Bertz CT molecular complexity index is 391.